The predicted molar refractivity (Wildman–Crippen MR) is 68.9 cm³/mol. The van der Waals surface area contributed by atoms with Crippen molar-refractivity contribution in [3.05, 3.63) is 33.8 Å². The first kappa shape index (κ1) is 13.8. The van der Waals surface area contributed by atoms with Crippen LogP contribution in [0.4, 0.5) is 0 Å². The Morgan fingerprint density at radius 2 is 2.06 bits per heavy atom. The first-order valence-corrected chi connectivity index (χ1v) is 6.03. The average Bonchev–Trinajstić information content (AvgIpc) is 2.30. The van der Waals surface area contributed by atoms with Crippen molar-refractivity contribution in [3.8, 4) is 0 Å². The van der Waals surface area contributed by atoms with Crippen LogP contribution < -0.4 is 5.73 Å². The lowest BCUT2D eigenvalue weighted by molar-refractivity contribution is 0.0392. The molecule has 2 unspecified atom stereocenters. The zero-order valence-corrected chi connectivity index (χ0v) is 11.0. The summed E-state index contributed by atoms with van der Waals surface area (Å²) in [5, 5.41) is 11.4. The van der Waals surface area contributed by atoms with Gasteiger partial charge >= 0.3 is 0 Å². The van der Waals surface area contributed by atoms with Gasteiger partial charge in [0.05, 0.1) is 6.10 Å². The van der Waals surface area contributed by atoms with Gasteiger partial charge in [-0.3, -0.25) is 0 Å². The lowest BCUT2D eigenvalue weighted by Crippen LogP contribution is -2.33. The Balaban J connectivity index is 3.12. The molecule has 0 aromatic heterocycles. The fourth-order valence-electron chi connectivity index (χ4n) is 1.55. The zero-order valence-electron chi connectivity index (χ0n) is 9.50. The average molecular weight is 262 g/mol. The van der Waals surface area contributed by atoms with Crippen molar-refractivity contribution in [1.82, 2.24) is 0 Å². The van der Waals surface area contributed by atoms with Crippen molar-refractivity contribution in [2.45, 2.75) is 26.4 Å². The lowest BCUT2D eigenvalue weighted by Gasteiger charge is -2.33. The smallest absolute Gasteiger partial charge is 0.0870 e. The van der Waals surface area contributed by atoms with Crippen LogP contribution in [0.2, 0.25) is 10.0 Å². The van der Waals surface area contributed by atoms with E-state index in [9.17, 15) is 5.11 Å². The van der Waals surface area contributed by atoms with Crippen molar-refractivity contribution >= 4 is 23.2 Å². The molecule has 90 valence electrons. The number of aliphatic hydroxyl groups excluding tert-OH is 1. The Bertz CT molecular complexity index is 364. The molecule has 16 heavy (non-hydrogen) atoms. The summed E-state index contributed by atoms with van der Waals surface area (Å²) in [4.78, 5) is 0. The Hall–Kier alpha value is -0.280. The Labute approximate surface area is 106 Å². The van der Waals surface area contributed by atoms with Gasteiger partial charge in [-0.25, -0.2) is 0 Å². The molecule has 0 bridgehead atoms. The van der Waals surface area contributed by atoms with Gasteiger partial charge in [-0.2, -0.15) is 0 Å². The van der Waals surface area contributed by atoms with E-state index in [1.807, 2.05) is 13.8 Å². The molecular weight excluding hydrogens is 245 g/mol. The highest BCUT2D eigenvalue weighted by molar-refractivity contribution is 6.33. The number of hydrogen-bond acceptors (Lipinski definition) is 2. The van der Waals surface area contributed by atoms with Gasteiger partial charge in [-0.1, -0.05) is 37.0 Å². The second-order valence-corrected chi connectivity index (χ2v) is 5.12. The molecule has 1 aromatic carbocycles. The maximum atomic E-state index is 10.3. The molecule has 2 nitrogen and oxygen atoms in total. The summed E-state index contributed by atoms with van der Waals surface area (Å²) in [6, 6.07) is 5.08. The molecule has 1 rings (SSSR count). The fraction of sp³-hybridized carbons (Fsp3) is 0.500. The molecule has 0 heterocycles. The van der Waals surface area contributed by atoms with Crippen LogP contribution in [0.15, 0.2) is 18.2 Å². The molecule has 4 heteroatoms. The Morgan fingerprint density at radius 1 is 1.44 bits per heavy atom. The van der Waals surface area contributed by atoms with Gasteiger partial charge in [0.1, 0.15) is 0 Å². The van der Waals surface area contributed by atoms with E-state index >= 15 is 0 Å². The van der Waals surface area contributed by atoms with Crippen LogP contribution >= 0.6 is 23.2 Å². The normalized spacial score (nSPS) is 16.9. The standard InChI is InChI=1S/C12H17Cl2NO/c1-3-12(2,7-15)11(16)9-6-8(13)4-5-10(9)14/h4-6,11,16H,3,7,15H2,1-2H3. The third-order valence-corrected chi connectivity index (χ3v) is 3.77. The highest BCUT2D eigenvalue weighted by Gasteiger charge is 2.32. The van der Waals surface area contributed by atoms with Gasteiger partial charge < -0.3 is 10.8 Å². The van der Waals surface area contributed by atoms with Gasteiger partial charge in [0, 0.05) is 27.6 Å². The second kappa shape index (κ2) is 5.37. The van der Waals surface area contributed by atoms with Crippen LogP contribution in [0.3, 0.4) is 0 Å². The van der Waals surface area contributed by atoms with E-state index in [2.05, 4.69) is 0 Å². The molecule has 0 amide bonds. The van der Waals surface area contributed by atoms with Crippen molar-refractivity contribution in [2.24, 2.45) is 11.1 Å². The van der Waals surface area contributed by atoms with Crippen LogP contribution in [0.25, 0.3) is 0 Å². The molecule has 0 radical (unpaired) electrons. The quantitative estimate of drug-likeness (QED) is 0.873. The fourth-order valence-corrected chi connectivity index (χ4v) is 1.95. The minimum absolute atomic E-state index is 0.381. The van der Waals surface area contributed by atoms with Gasteiger partial charge in [-0.15, -0.1) is 0 Å². The highest BCUT2D eigenvalue weighted by atomic mass is 35.5. The number of hydrogen-bond donors (Lipinski definition) is 2. The number of nitrogens with two attached hydrogens (primary N) is 1. The van der Waals surface area contributed by atoms with Crippen LogP contribution in [-0.4, -0.2) is 11.7 Å². The summed E-state index contributed by atoms with van der Waals surface area (Å²) in [5.41, 5.74) is 5.97. The molecule has 0 saturated carbocycles. The molecule has 0 fully saturated rings. The van der Waals surface area contributed by atoms with E-state index in [-0.39, 0.29) is 5.41 Å². The molecule has 1 aromatic rings. The number of rotatable bonds is 4. The van der Waals surface area contributed by atoms with Crippen LogP contribution in [-0.2, 0) is 0 Å². The first-order valence-electron chi connectivity index (χ1n) is 5.27. The summed E-state index contributed by atoms with van der Waals surface area (Å²) in [6.45, 7) is 4.33. The monoisotopic (exact) mass is 261 g/mol. The molecule has 2 atom stereocenters. The molecular formula is C12H17Cl2NO. The number of benzene rings is 1. The maximum Gasteiger partial charge on any atom is 0.0870 e. The van der Waals surface area contributed by atoms with Crippen LogP contribution in [0.5, 0.6) is 0 Å². The van der Waals surface area contributed by atoms with Gasteiger partial charge in [0.25, 0.3) is 0 Å². The van der Waals surface area contributed by atoms with E-state index in [0.29, 0.717) is 22.2 Å². The van der Waals surface area contributed by atoms with E-state index in [1.165, 1.54) is 0 Å². The van der Waals surface area contributed by atoms with Crippen LogP contribution in [0.1, 0.15) is 31.9 Å². The SMILES string of the molecule is CCC(C)(CN)C(O)c1cc(Cl)ccc1Cl. The summed E-state index contributed by atoms with van der Waals surface area (Å²) in [5.74, 6) is 0. The summed E-state index contributed by atoms with van der Waals surface area (Å²) >= 11 is 11.9. The van der Waals surface area contributed by atoms with Crippen molar-refractivity contribution < 1.29 is 5.11 Å². The molecule has 3 N–H and O–H groups in total. The number of halogens is 2. The lowest BCUT2D eigenvalue weighted by atomic mass is 9.78. The van der Waals surface area contributed by atoms with Crippen molar-refractivity contribution in [2.75, 3.05) is 6.54 Å². The highest BCUT2D eigenvalue weighted by Crippen LogP contribution is 2.39. The Kier molecular flexibility index (Phi) is 4.62. The van der Waals surface area contributed by atoms with Gasteiger partial charge in [0.2, 0.25) is 0 Å². The molecule has 0 aliphatic carbocycles. The van der Waals surface area contributed by atoms with Crippen molar-refractivity contribution in [1.29, 1.82) is 0 Å². The van der Waals surface area contributed by atoms with Crippen molar-refractivity contribution in [3.63, 3.8) is 0 Å². The predicted octanol–water partition coefficient (Wildman–Crippen LogP) is 3.40. The van der Waals surface area contributed by atoms with Gasteiger partial charge in [-0.05, 0) is 24.6 Å². The third-order valence-electron chi connectivity index (χ3n) is 3.19. The minimum atomic E-state index is -0.700. The van der Waals surface area contributed by atoms with E-state index in [0.717, 1.165) is 6.42 Å². The molecule has 0 aliphatic rings. The zero-order chi connectivity index (χ0) is 12.3. The first-order chi connectivity index (χ1) is 7.44. The summed E-state index contributed by atoms with van der Waals surface area (Å²) < 4.78 is 0. The topological polar surface area (TPSA) is 46.2 Å². The van der Waals surface area contributed by atoms with E-state index in [1.54, 1.807) is 18.2 Å². The summed E-state index contributed by atoms with van der Waals surface area (Å²) in [6.07, 6.45) is 0.0711. The molecule has 0 saturated heterocycles. The number of aliphatic hydroxyl groups is 1. The third kappa shape index (κ3) is 2.69. The van der Waals surface area contributed by atoms with Crippen LogP contribution in [0, 0.1) is 5.41 Å². The largest absolute Gasteiger partial charge is 0.388 e. The summed E-state index contributed by atoms with van der Waals surface area (Å²) in [7, 11) is 0. The molecule has 0 aliphatic heterocycles. The second-order valence-electron chi connectivity index (χ2n) is 4.28. The van der Waals surface area contributed by atoms with E-state index in [4.69, 9.17) is 28.9 Å². The minimum Gasteiger partial charge on any atom is -0.388 e. The maximum absolute atomic E-state index is 10.3. The molecule has 0 spiro atoms. The van der Waals surface area contributed by atoms with E-state index < -0.39 is 6.10 Å². The van der Waals surface area contributed by atoms with Gasteiger partial charge in [0.15, 0.2) is 0 Å². The Morgan fingerprint density at radius 3 is 2.56 bits per heavy atom.